The van der Waals surface area contributed by atoms with Gasteiger partial charge in [0.1, 0.15) is 5.76 Å². The third-order valence-corrected chi connectivity index (χ3v) is 5.48. The second-order valence-electron chi connectivity index (χ2n) is 7.44. The van der Waals surface area contributed by atoms with Crippen LogP contribution in [0.2, 0.25) is 0 Å². The maximum absolute atomic E-state index is 12.6. The van der Waals surface area contributed by atoms with E-state index in [2.05, 4.69) is 0 Å². The van der Waals surface area contributed by atoms with Crippen molar-refractivity contribution in [1.82, 2.24) is 0 Å². The van der Waals surface area contributed by atoms with Crippen molar-refractivity contribution in [3.05, 3.63) is 83.1 Å². The van der Waals surface area contributed by atoms with Crippen molar-refractivity contribution in [3.8, 4) is 0 Å². The third kappa shape index (κ3) is 3.76. The molecule has 27 heavy (non-hydrogen) atoms. The van der Waals surface area contributed by atoms with E-state index in [4.69, 9.17) is 4.74 Å². The van der Waals surface area contributed by atoms with Crippen molar-refractivity contribution < 1.29 is 19.7 Å². The molecular weight excluding hydrogens is 340 g/mol. The Morgan fingerprint density at radius 2 is 1.63 bits per heavy atom. The average Bonchev–Trinajstić information content (AvgIpc) is 3.49. The van der Waals surface area contributed by atoms with Gasteiger partial charge in [0.2, 0.25) is 0 Å². The summed E-state index contributed by atoms with van der Waals surface area (Å²) in [5.74, 6) is -0.416. The molecule has 4 heteroatoms. The summed E-state index contributed by atoms with van der Waals surface area (Å²) in [7, 11) is 0. The molecule has 2 aromatic rings. The first-order chi connectivity index (χ1) is 13.1. The highest BCUT2D eigenvalue weighted by atomic mass is 16.6. The second-order valence-corrected chi connectivity index (χ2v) is 7.44. The number of aryl methyl sites for hydroxylation is 1. The first-order valence-corrected chi connectivity index (χ1v) is 9.56. The number of aliphatic hydroxyl groups excluding tert-OH is 2. The molecule has 0 aromatic heterocycles. The summed E-state index contributed by atoms with van der Waals surface area (Å²) in [4.78, 5) is 12.6. The van der Waals surface area contributed by atoms with E-state index in [0.717, 1.165) is 24.0 Å². The lowest BCUT2D eigenvalue weighted by molar-refractivity contribution is -0.145. The SMILES string of the molecule is O=C1OC(C(O)CCc2ccccc2)C(O)=C1C(c1ccccc1)C1CC1. The van der Waals surface area contributed by atoms with E-state index in [1.165, 1.54) is 0 Å². The molecule has 3 unspecified atom stereocenters. The van der Waals surface area contributed by atoms with Crippen molar-refractivity contribution in [3.63, 3.8) is 0 Å². The maximum atomic E-state index is 12.6. The fourth-order valence-electron chi connectivity index (χ4n) is 3.91. The number of carbonyl (C=O) groups excluding carboxylic acids is 1. The van der Waals surface area contributed by atoms with E-state index in [-0.39, 0.29) is 11.7 Å². The van der Waals surface area contributed by atoms with Crippen LogP contribution >= 0.6 is 0 Å². The zero-order chi connectivity index (χ0) is 18.8. The molecule has 0 amide bonds. The van der Waals surface area contributed by atoms with Gasteiger partial charge in [-0.2, -0.15) is 0 Å². The van der Waals surface area contributed by atoms with Gasteiger partial charge in [-0.25, -0.2) is 4.79 Å². The number of ether oxygens (including phenoxy) is 1. The van der Waals surface area contributed by atoms with Crippen molar-refractivity contribution >= 4 is 5.97 Å². The summed E-state index contributed by atoms with van der Waals surface area (Å²) in [5.41, 5.74) is 2.44. The minimum absolute atomic E-state index is 0.0960. The van der Waals surface area contributed by atoms with Crippen LogP contribution in [-0.4, -0.2) is 28.4 Å². The van der Waals surface area contributed by atoms with E-state index in [1.54, 1.807) is 0 Å². The number of cyclic esters (lactones) is 1. The van der Waals surface area contributed by atoms with Gasteiger partial charge in [-0.1, -0.05) is 60.7 Å². The summed E-state index contributed by atoms with van der Waals surface area (Å²) in [6.07, 6.45) is 1.24. The Morgan fingerprint density at radius 3 is 2.26 bits per heavy atom. The molecule has 2 N–H and O–H groups in total. The zero-order valence-corrected chi connectivity index (χ0v) is 15.1. The fraction of sp³-hybridized carbons (Fsp3) is 0.348. The molecule has 0 spiro atoms. The Morgan fingerprint density at radius 1 is 1.00 bits per heavy atom. The van der Waals surface area contributed by atoms with Crippen molar-refractivity contribution in [2.75, 3.05) is 0 Å². The molecule has 2 aromatic carbocycles. The Bertz CT molecular complexity index is 824. The summed E-state index contributed by atoms with van der Waals surface area (Å²) in [6.45, 7) is 0. The van der Waals surface area contributed by atoms with Gasteiger partial charge in [0, 0.05) is 5.92 Å². The van der Waals surface area contributed by atoms with Crippen LogP contribution in [0, 0.1) is 5.92 Å². The van der Waals surface area contributed by atoms with Gasteiger partial charge in [0.15, 0.2) is 6.10 Å². The van der Waals surface area contributed by atoms with Crippen molar-refractivity contribution in [2.45, 2.75) is 43.8 Å². The van der Waals surface area contributed by atoms with Gasteiger partial charge in [-0.3, -0.25) is 0 Å². The summed E-state index contributed by atoms with van der Waals surface area (Å²) < 4.78 is 5.40. The molecule has 140 valence electrons. The highest BCUT2D eigenvalue weighted by molar-refractivity contribution is 5.93. The standard InChI is InChI=1S/C23H24O4/c24-18(14-11-15-7-3-1-4-8-15)22-21(25)20(23(26)27-22)19(17-12-13-17)16-9-5-2-6-10-16/h1-10,17-19,22,24-25H,11-14H2. The third-order valence-electron chi connectivity index (χ3n) is 5.48. The van der Waals surface area contributed by atoms with Gasteiger partial charge in [-0.05, 0) is 42.7 Å². The molecular formula is C23H24O4. The highest BCUT2D eigenvalue weighted by Crippen LogP contribution is 2.49. The molecule has 1 aliphatic heterocycles. The van der Waals surface area contributed by atoms with Crippen molar-refractivity contribution in [1.29, 1.82) is 0 Å². The number of aliphatic hydroxyl groups is 2. The normalized spacial score (nSPS) is 21.8. The Kier molecular flexibility index (Phi) is 4.99. The molecule has 0 saturated heterocycles. The largest absolute Gasteiger partial charge is 0.508 e. The van der Waals surface area contributed by atoms with Crippen LogP contribution in [0.25, 0.3) is 0 Å². The van der Waals surface area contributed by atoms with E-state index in [9.17, 15) is 15.0 Å². The second kappa shape index (κ2) is 7.57. The Hall–Kier alpha value is -2.59. The van der Waals surface area contributed by atoms with Crippen LogP contribution in [0.3, 0.4) is 0 Å². The Labute approximate surface area is 159 Å². The quantitative estimate of drug-likeness (QED) is 0.731. The smallest absolute Gasteiger partial charge is 0.339 e. The number of carbonyl (C=O) groups is 1. The molecule has 1 saturated carbocycles. The molecule has 3 atom stereocenters. The topological polar surface area (TPSA) is 66.8 Å². The van der Waals surface area contributed by atoms with Crippen LogP contribution in [0.1, 0.15) is 36.3 Å². The lowest BCUT2D eigenvalue weighted by atomic mass is 9.85. The van der Waals surface area contributed by atoms with Gasteiger partial charge in [-0.15, -0.1) is 0 Å². The summed E-state index contributed by atoms with van der Waals surface area (Å²) in [6, 6.07) is 19.6. The van der Waals surface area contributed by atoms with E-state index < -0.39 is 18.2 Å². The molecule has 2 aliphatic rings. The molecule has 1 fully saturated rings. The lowest BCUT2D eigenvalue weighted by Gasteiger charge is -2.18. The van der Waals surface area contributed by atoms with Crippen LogP contribution in [0.5, 0.6) is 0 Å². The number of rotatable bonds is 7. The van der Waals surface area contributed by atoms with Crippen molar-refractivity contribution in [2.24, 2.45) is 5.92 Å². The number of benzene rings is 2. The molecule has 4 rings (SSSR count). The van der Waals surface area contributed by atoms with E-state index in [1.807, 2.05) is 60.7 Å². The minimum atomic E-state index is -0.971. The number of hydrogen-bond acceptors (Lipinski definition) is 4. The summed E-state index contributed by atoms with van der Waals surface area (Å²) >= 11 is 0. The van der Waals surface area contributed by atoms with Crippen LogP contribution in [0.15, 0.2) is 72.0 Å². The van der Waals surface area contributed by atoms with Crippen LogP contribution < -0.4 is 0 Å². The lowest BCUT2D eigenvalue weighted by Crippen LogP contribution is -2.29. The molecule has 4 nitrogen and oxygen atoms in total. The summed E-state index contributed by atoms with van der Waals surface area (Å²) in [5, 5.41) is 21.3. The fourth-order valence-corrected chi connectivity index (χ4v) is 3.91. The number of hydrogen-bond donors (Lipinski definition) is 2. The molecule has 0 bridgehead atoms. The predicted octanol–water partition coefficient (Wildman–Crippen LogP) is 3.91. The van der Waals surface area contributed by atoms with Crippen LogP contribution in [-0.2, 0) is 16.0 Å². The maximum Gasteiger partial charge on any atom is 0.339 e. The number of esters is 1. The first kappa shape index (κ1) is 17.8. The van der Waals surface area contributed by atoms with E-state index in [0.29, 0.717) is 24.3 Å². The molecule has 0 radical (unpaired) electrons. The highest BCUT2D eigenvalue weighted by Gasteiger charge is 2.46. The monoisotopic (exact) mass is 364 g/mol. The zero-order valence-electron chi connectivity index (χ0n) is 15.1. The predicted molar refractivity (Wildman–Crippen MR) is 102 cm³/mol. The molecule has 1 aliphatic carbocycles. The minimum Gasteiger partial charge on any atom is -0.508 e. The molecule has 1 heterocycles. The van der Waals surface area contributed by atoms with Gasteiger partial charge in [0.25, 0.3) is 0 Å². The van der Waals surface area contributed by atoms with Gasteiger partial charge < -0.3 is 14.9 Å². The van der Waals surface area contributed by atoms with Gasteiger partial charge in [0.05, 0.1) is 11.7 Å². The van der Waals surface area contributed by atoms with E-state index >= 15 is 0 Å². The van der Waals surface area contributed by atoms with Gasteiger partial charge >= 0.3 is 5.97 Å². The first-order valence-electron chi connectivity index (χ1n) is 9.56. The van der Waals surface area contributed by atoms with Crippen LogP contribution in [0.4, 0.5) is 0 Å². The Balaban J connectivity index is 1.54. The average molecular weight is 364 g/mol.